The van der Waals surface area contributed by atoms with E-state index in [4.69, 9.17) is 10.8 Å². The van der Waals surface area contributed by atoms with Crippen LogP contribution in [-0.2, 0) is 24.0 Å². The average Bonchev–Trinajstić information content (AvgIpc) is 3.12. The highest BCUT2D eigenvalue weighted by atomic mass is 16.4. The molecule has 0 aliphatic carbocycles. The van der Waals surface area contributed by atoms with Crippen LogP contribution in [0.1, 0.15) is 33.6 Å². The lowest BCUT2D eigenvalue weighted by Crippen LogP contribution is -2.54. The maximum absolute atomic E-state index is 12.4. The van der Waals surface area contributed by atoms with Gasteiger partial charge < -0.3 is 31.7 Å². The van der Waals surface area contributed by atoms with E-state index in [-0.39, 0.29) is 19.0 Å². The van der Waals surface area contributed by atoms with E-state index in [1.165, 1.54) is 11.8 Å². The van der Waals surface area contributed by atoms with Crippen LogP contribution < -0.4 is 21.7 Å². The summed E-state index contributed by atoms with van der Waals surface area (Å²) < 4.78 is 0. The lowest BCUT2D eigenvalue weighted by atomic mass is 10.0. The summed E-state index contributed by atoms with van der Waals surface area (Å²) in [6.07, 6.45) is 0.966. The smallest absolute Gasteiger partial charge is 0.326 e. The Balaban J connectivity index is 2.54. The van der Waals surface area contributed by atoms with E-state index < -0.39 is 47.7 Å². The van der Waals surface area contributed by atoms with E-state index in [0.29, 0.717) is 19.4 Å². The zero-order valence-corrected chi connectivity index (χ0v) is 16.4. The molecule has 1 saturated heterocycles. The van der Waals surface area contributed by atoms with Crippen molar-refractivity contribution < 1.29 is 29.1 Å². The quantitative estimate of drug-likeness (QED) is 0.292. The third-order valence-corrected chi connectivity index (χ3v) is 4.44. The number of nitrogens with zero attached hydrogens (tertiary/aromatic N) is 1. The summed E-state index contributed by atoms with van der Waals surface area (Å²) in [6.45, 7) is 4.60. The van der Waals surface area contributed by atoms with Crippen molar-refractivity contribution >= 4 is 29.6 Å². The minimum Gasteiger partial charge on any atom is -0.480 e. The van der Waals surface area contributed by atoms with Crippen LogP contribution in [0.3, 0.4) is 0 Å². The summed E-state index contributed by atoms with van der Waals surface area (Å²) in [5.41, 5.74) is 5.23. The first-order chi connectivity index (χ1) is 13.1. The number of hydrogen-bond acceptors (Lipinski definition) is 6. The second-order valence-electron chi connectivity index (χ2n) is 7.03. The number of carbonyl (C=O) groups is 5. The van der Waals surface area contributed by atoms with E-state index in [1.807, 2.05) is 0 Å². The van der Waals surface area contributed by atoms with Crippen LogP contribution in [0.5, 0.6) is 0 Å². The molecule has 1 fully saturated rings. The Hall–Kier alpha value is -2.69. The van der Waals surface area contributed by atoms with Gasteiger partial charge in [0, 0.05) is 6.54 Å². The number of hydrogen-bond donors (Lipinski definition) is 5. The largest absolute Gasteiger partial charge is 0.480 e. The molecule has 0 aromatic carbocycles. The van der Waals surface area contributed by atoms with Crippen molar-refractivity contribution in [2.75, 3.05) is 19.6 Å². The van der Waals surface area contributed by atoms with Crippen molar-refractivity contribution in [3.8, 4) is 0 Å². The van der Waals surface area contributed by atoms with Crippen molar-refractivity contribution in [1.82, 2.24) is 20.9 Å². The molecule has 0 bridgehead atoms. The monoisotopic (exact) mass is 399 g/mol. The first-order valence-electron chi connectivity index (χ1n) is 9.18. The molecule has 0 aromatic heterocycles. The van der Waals surface area contributed by atoms with Gasteiger partial charge in [0.05, 0.1) is 13.1 Å². The van der Waals surface area contributed by atoms with Crippen LogP contribution in [0.15, 0.2) is 0 Å². The van der Waals surface area contributed by atoms with Crippen molar-refractivity contribution in [2.45, 2.75) is 51.7 Å². The Morgan fingerprint density at radius 3 is 2.29 bits per heavy atom. The third kappa shape index (κ3) is 6.48. The highest BCUT2D eigenvalue weighted by Crippen LogP contribution is 2.18. The Kier molecular flexibility index (Phi) is 8.83. The molecule has 6 N–H and O–H groups in total. The molecule has 3 atom stereocenters. The number of nitrogens with two attached hydrogens (primary N) is 1. The molecule has 28 heavy (non-hydrogen) atoms. The maximum Gasteiger partial charge on any atom is 0.326 e. The van der Waals surface area contributed by atoms with E-state index >= 15 is 0 Å². The Morgan fingerprint density at radius 2 is 1.75 bits per heavy atom. The number of aliphatic carboxylic acids is 1. The highest BCUT2D eigenvalue weighted by Gasteiger charge is 2.36. The minimum absolute atomic E-state index is 0.220. The van der Waals surface area contributed by atoms with Crippen molar-refractivity contribution in [3.05, 3.63) is 0 Å². The zero-order chi connectivity index (χ0) is 21.4. The average molecular weight is 399 g/mol. The van der Waals surface area contributed by atoms with Gasteiger partial charge in [-0.2, -0.15) is 0 Å². The van der Waals surface area contributed by atoms with Crippen molar-refractivity contribution in [3.63, 3.8) is 0 Å². The molecule has 0 spiro atoms. The number of rotatable bonds is 9. The number of amides is 4. The maximum atomic E-state index is 12.4. The van der Waals surface area contributed by atoms with E-state index in [2.05, 4.69) is 16.0 Å². The number of carbonyl (C=O) groups excluding carboxylic acids is 4. The molecule has 0 aromatic rings. The predicted molar refractivity (Wildman–Crippen MR) is 98.8 cm³/mol. The minimum atomic E-state index is -1.07. The predicted octanol–water partition coefficient (Wildman–Crippen LogP) is -2.22. The van der Waals surface area contributed by atoms with Gasteiger partial charge in [0.2, 0.25) is 23.6 Å². The van der Waals surface area contributed by atoms with Crippen LogP contribution >= 0.6 is 0 Å². The number of likely N-dealkylation sites (tertiary alicyclic amines) is 1. The van der Waals surface area contributed by atoms with E-state index in [9.17, 15) is 24.0 Å². The molecular weight excluding hydrogens is 370 g/mol. The first kappa shape index (κ1) is 23.3. The standard InChI is InChI=1S/C17H29N5O6/c1-9(2)14(21-12(23)7-18)15(25)19-8-13(24)20-10(3)16(26)22-6-4-5-11(22)17(27)28/h9-11,14H,4-8,18H2,1-3H3,(H,19,25)(H,20,24)(H,21,23)(H,27,28)/t10-,11-,14-/m0/s1. The van der Waals surface area contributed by atoms with Gasteiger partial charge in [-0.1, -0.05) is 13.8 Å². The SMILES string of the molecule is CC(C)[C@H](NC(=O)CN)C(=O)NCC(=O)N[C@@H](C)C(=O)N1CCC[C@H]1C(=O)O. The van der Waals surface area contributed by atoms with Gasteiger partial charge in [-0.25, -0.2) is 4.79 Å². The zero-order valence-electron chi connectivity index (χ0n) is 16.4. The summed E-state index contributed by atoms with van der Waals surface area (Å²) >= 11 is 0. The Labute approximate surface area is 163 Å². The fourth-order valence-electron chi connectivity index (χ4n) is 2.93. The molecule has 1 heterocycles. The van der Waals surface area contributed by atoms with Crippen molar-refractivity contribution in [2.24, 2.45) is 11.7 Å². The fourth-order valence-corrected chi connectivity index (χ4v) is 2.93. The fraction of sp³-hybridized carbons (Fsp3) is 0.706. The Morgan fingerprint density at radius 1 is 1.11 bits per heavy atom. The van der Waals surface area contributed by atoms with Gasteiger partial charge in [0.25, 0.3) is 0 Å². The molecule has 0 saturated carbocycles. The van der Waals surface area contributed by atoms with Crippen LogP contribution in [0.4, 0.5) is 0 Å². The molecule has 4 amide bonds. The number of carboxylic acids is 1. The molecule has 0 unspecified atom stereocenters. The molecule has 11 heteroatoms. The summed E-state index contributed by atoms with van der Waals surface area (Å²) in [6, 6.07) is -2.66. The van der Waals surface area contributed by atoms with Gasteiger partial charge in [-0.05, 0) is 25.7 Å². The molecule has 1 rings (SSSR count). The third-order valence-electron chi connectivity index (χ3n) is 4.44. The number of nitrogens with one attached hydrogen (secondary N) is 3. The summed E-state index contributed by atoms with van der Waals surface area (Å²) in [5, 5.41) is 16.5. The summed E-state index contributed by atoms with van der Waals surface area (Å²) in [5.74, 6) is -3.42. The topological polar surface area (TPSA) is 171 Å². The van der Waals surface area contributed by atoms with Gasteiger partial charge in [-0.3, -0.25) is 19.2 Å². The van der Waals surface area contributed by atoms with Gasteiger partial charge in [-0.15, -0.1) is 0 Å². The normalized spacial score (nSPS) is 18.3. The summed E-state index contributed by atoms with van der Waals surface area (Å²) in [7, 11) is 0. The van der Waals surface area contributed by atoms with Gasteiger partial charge in [0.1, 0.15) is 18.1 Å². The molecular formula is C17H29N5O6. The second kappa shape index (κ2) is 10.6. The highest BCUT2D eigenvalue weighted by molar-refractivity contribution is 5.93. The second-order valence-corrected chi connectivity index (χ2v) is 7.03. The molecule has 0 radical (unpaired) electrons. The molecule has 1 aliphatic rings. The van der Waals surface area contributed by atoms with Crippen molar-refractivity contribution in [1.29, 1.82) is 0 Å². The number of carboxylic acid groups (broad SMARTS) is 1. The van der Waals surface area contributed by atoms with Gasteiger partial charge >= 0.3 is 5.97 Å². The lowest BCUT2D eigenvalue weighted by molar-refractivity contribution is -0.149. The first-order valence-corrected chi connectivity index (χ1v) is 9.18. The van der Waals surface area contributed by atoms with Crippen LogP contribution in [0, 0.1) is 5.92 Å². The van der Waals surface area contributed by atoms with E-state index in [0.717, 1.165) is 0 Å². The summed E-state index contributed by atoms with van der Waals surface area (Å²) in [4.78, 5) is 60.5. The van der Waals surface area contributed by atoms with Gasteiger partial charge in [0.15, 0.2) is 0 Å². The van der Waals surface area contributed by atoms with E-state index in [1.54, 1.807) is 13.8 Å². The Bertz CT molecular complexity index is 623. The molecule has 1 aliphatic heterocycles. The van der Waals surface area contributed by atoms with Crippen LogP contribution in [0.25, 0.3) is 0 Å². The van der Waals surface area contributed by atoms with Crippen LogP contribution in [-0.4, -0.2) is 77.4 Å². The van der Waals surface area contributed by atoms with Crippen LogP contribution in [0.2, 0.25) is 0 Å². The molecule has 158 valence electrons. The molecule has 11 nitrogen and oxygen atoms in total. The lowest BCUT2D eigenvalue weighted by Gasteiger charge is -2.25.